The summed E-state index contributed by atoms with van der Waals surface area (Å²) in [6.45, 7) is 4.20. The van der Waals surface area contributed by atoms with E-state index in [0.717, 1.165) is 44.9 Å². The number of rotatable bonds is 42. The van der Waals surface area contributed by atoms with Crippen LogP contribution in [0, 0.1) is 0 Å². The molecule has 0 aromatic heterocycles. The Morgan fingerprint density at radius 1 is 0.574 bits per heavy atom. The normalized spacial score (nSPS) is 13.9. The van der Waals surface area contributed by atoms with Gasteiger partial charge in [-0.2, -0.15) is 0 Å². The summed E-state index contributed by atoms with van der Waals surface area (Å²) in [5.41, 5.74) is 5.36. The molecule has 0 amide bonds. The Balaban J connectivity index is 4.09. The Morgan fingerprint density at radius 3 is 1.52 bits per heavy atom. The van der Waals surface area contributed by atoms with Crippen molar-refractivity contribution in [2.24, 2.45) is 5.73 Å². The average Bonchev–Trinajstić information content (AvgIpc) is 3.16. The van der Waals surface area contributed by atoms with Gasteiger partial charge < -0.3 is 20.1 Å². The van der Waals surface area contributed by atoms with Crippen molar-refractivity contribution in [1.29, 1.82) is 0 Å². The van der Waals surface area contributed by atoms with Crippen molar-refractivity contribution in [2.75, 3.05) is 26.4 Å². The molecule has 0 radical (unpaired) electrons. The number of nitrogens with two attached hydrogens (primary N) is 1. The molecular weight excluding hydrogens is 697 g/mol. The predicted octanol–water partition coefficient (Wildman–Crippen LogP) is 13.5. The molecule has 9 heteroatoms. The van der Waals surface area contributed by atoms with Gasteiger partial charge in [0.05, 0.1) is 19.5 Å². The number of ether oxygens (including phenoxy) is 2. The monoisotopic (exact) mass is 782 g/mol. The van der Waals surface area contributed by atoms with Crippen LogP contribution in [0.4, 0.5) is 0 Å². The number of allylic oxidation sites excluding steroid dienone is 7. The van der Waals surface area contributed by atoms with Gasteiger partial charge in [-0.05, 0) is 83.1 Å². The van der Waals surface area contributed by atoms with Gasteiger partial charge in [-0.1, -0.05) is 153 Å². The molecule has 0 saturated heterocycles. The summed E-state index contributed by atoms with van der Waals surface area (Å²) < 4.78 is 33.2. The fourth-order valence-electron chi connectivity index (χ4n) is 5.99. The van der Waals surface area contributed by atoms with Gasteiger partial charge in [-0.15, -0.1) is 0 Å². The van der Waals surface area contributed by atoms with Crippen molar-refractivity contribution in [3.63, 3.8) is 0 Å². The van der Waals surface area contributed by atoms with E-state index >= 15 is 0 Å². The summed E-state index contributed by atoms with van der Waals surface area (Å²) in [5, 5.41) is 0. The summed E-state index contributed by atoms with van der Waals surface area (Å²) >= 11 is 0. The minimum atomic E-state index is -4.30. The standard InChI is InChI=1S/C45H84NO7P/c1-3-5-7-9-11-13-15-17-19-21-22-23-24-26-28-30-32-34-36-38-45(47)53-44(43-52-54(48,49)51-41-39-46)42-50-40-37-35-33-31-29-27-25-20-18-16-14-12-10-8-6-4-2/h11,13,17-20,37,40,44H,3-10,12,14-16,21-36,38-39,41-43,46H2,1-2H3,(H,48,49)/t44-/m1/s1. The van der Waals surface area contributed by atoms with Crippen LogP contribution in [-0.2, 0) is 27.9 Å². The van der Waals surface area contributed by atoms with Crippen molar-refractivity contribution in [2.45, 2.75) is 206 Å². The van der Waals surface area contributed by atoms with Gasteiger partial charge in [0.1, 0.15) is 6.61 Å². The Labute approximate surface area is 332 Å². The highest BCUT2D eigenvalue weighted by Crippen LogP contribution is 2.43. The maximum Gasteiger partial charge on any atom is 0.472 e. The first-order chi connectivity index (χ1) is 26.4. The molecule has 3 N–H and O–H groups in total. The Hall–Kier alpha value is -1.70. The van der Waals surface area contributed by atoms with Crippen LogP contribution in [0.3, 0.4) is 0 Å². The lowest BCUT2D eigenvalue weighted by Gasteiger charge is -2.19. The zero-order valence-corrected chi connectivity index (χ0v) is 35.8. The molecule has 0 rings (SSSR count). The molecular formula is C45H84NO7P. The van der Waals surface area contributed by atoms with Crippen LogP contribution in [0.15, 0.2) is 48.8 Å². The molecule has 54 heavy (non-hydrogen) atoms. The van der Waals surface area contributed by atoms with E-state index < -0.39 is 13.9 Å². The van der Waals surface area contributed by atoms with Gasteiger partial charge in [-0.25, -0.2) is 4.57 Å². The predicted molar refractivity (Wildman–Crippen MR) is 228 cm³/mol. The quantitative estimate of drug-likeness (QED) is 0.0207. The van der Waals surface area contributed by atoms with E-state index in [1.807, 2.05) is 6.08 Å². The first kappa shape index (κ1) is 52.3. The van der Waals surface area contributed by atoms with Crippen molar-refractivity contribution < 1.29 is 32.8 Å². The third kappa shape index (κ3) is 41.5. The highest BCUT2D eigenvalue weighted by molar-refractivity contribution is 7.47. The number of unbranched alkanes of at least 4 members (excludes halogenated alkanes) is 23. The third-order valence-corrected chi connectivity index (χ3v) is 10.3. The van der Waals surface area contributed by atoms with Crippen LogP contribution in [0.2, 0.25) is 0 Å². The molecule has 0 aliphatic carbocycles. The number of phosphoric ester groups is 1. The van der Waals surface area contributed by atoms with Crippen LogP contribution in [0.25, 0.3) is 0 Å². The van der Waals surface area contributed by atoms with Crippen molar-refractivity contribution in [3.05, 3.63) is 48.8 Å². The minimum absolute atomic E-state index is 0.0248. The molecule has 8 nitrogen and oxygen atoms in total. The van der Waals surface area contributed by atoms with Crippen LogP contribution in [-0.4, -0.2) is 43.3 Å². The Kier molecular flexibility index (Phi) is 41.1. The van der Waals surface area contributed by atoms with Gasteiger partial charge in [0.25, 0.3) is 0 Å². The molecule has 0 aromatic rings. The van der Waals surface area contributed by atoms with Crippen LogP contribution in [0.1, 0.15) is 200 Å². The number of carbonyl (C=O) groups excluding carboxylic acids is 1. The lowest BCUT2D eigenvalue weighted by Crippen LogP contribution is -2.27. The van der Waals surface area contributed by atoms with Crippen LogP contribution < -0.4 is 5.73 Å². The molecule has 1 unspecified atom stereocenters. The van der Waals surface area contributed by atoms with Gasteiger partial charge in [-0.3, -0.25) is 13.8 Å². The summed E-state index contributed by atoms with van der Waals surface area (Å²) in [4.78, 5) is 22.5. The van der Waals surface area contributed by atoms with Crippen LogP contribution >= 0.6 is 7.82 Å². The van der Waals surface area contributed by atoms with Gasteiger partial charge >= 0.3 is 13.8 Å². The molecule has 0 heterocycles. The maximum absolute atomic E-state index is 12.6. The first-order valence-corrected chi connectivity index (χ1v) is 23.7. The van der Waals surface area contributed by atoms with Gasteiger partial charge in [0, 0.05) is 13.0 Å². The second-order valence-electron chi connectivity index (χ2n) is 14.6. The van der Waals surface area contributed by atoms with E-state index in [0.29, 0.717) is 6.42 Å². The molecule has 316 valence electrons. The van der Waals surface area contributed by atoms with E-state index in [1.165, 1.54) is 135 Å². The smallest absolute Gasteiger partial charge is 0.472 e. The fourth-order valence-corrected chi connectivity index (χ4v) is 6.75. The summed E-state index contributed by atoms with van der Waals surface area (Å²) in [6, 6.07) is 0. The molecule has 0 aromatic carbocycles. The molecule has 0 saturated carbocycles. The highest BCUT2D eigenvalue weighted by atomic mass is 31.2. The van der Waals surface area contributed by atoms with Crippen molar-refractivity contribution in [3.8, 4) is 0 Å². The zero-order chi connectivity index (χ0) is 39.5. The van der Waals surface area contributed by atoms with Gasteiger partial charge in [0.2, 0.25) is 0 Å². The second-order valence-corrected chi connectivity index (χ2v) is 16.1. The molecule has 0 fully saturated rings. The zero-order valence-electron chi connectivity index (χ0n) is 35.0. The summed E-state index contributed by atoms with van der Waals surface area (Å²) in [5.74, 6) is -0.360. The number of phosphoric acid groups is 1. The second kappa shape index (κ2) is 42.4. The molecule has 2 atom stereocenters. The Morgan fingerprint density at radius 2 is 1.00 bits per heavy atom. The number of carbonyl (C=O) groups is 1. The number of esters is 1. The van der Waals surface area contributed by atoms with Crippen molar-refractivity contribution >= 4 is 13.8 Å². The van der Waals surface area contributed by atoms with Gasteiger partial charge in [0.15, 0.2) is 6.10 Å². The lowest BCUT2D eigenvalue weighted by atomic mass is 10.1. The fraction of sp³-hybridized carbons (Fsp3) is 0.800. The highest BCUT2D eigenvalue weighted by Gasteiger charge is 2.25. The topological polar surface area (TPSA) is 117 Å². The van der Waals surface area contributed by atoms with E-state index in [4.69, 9.17) is 24.3 Å². The van der Waals surface area contributed by atoms with E-state index in [9.17, 15) is 14.3 Å². The largest absolute Gasteiger partial charge is 0.498 e. The average molecular weight is 782 g/mol. The number of hydrogen-bond donors (Lipinski definition) is 2. The van der Waals surface area contributed by atoms with Crippen molar-refractivity contribution in [1.82, 2.24) is 0 Å². The minimum Gasteiger partial charge on any atom is -0.498 e. The first-order valence-electron chi connectivity index (χ1n) is 22.2. The van der Waals surface area contributed by atoms with Crippen LogP contribution in [0.5, 0.6) is 0 Å². The number of hydrogen-bond acceptors (Lipinski definition) is 7. The van der Waals surface area contributed by atoms with E-state index in [2.05, 4.69) is 50.3 Å². The van der Waals surface area contributed by atoms with E-state index in [1.54, 1.807) is 6.26 Å². The lowest BCUT2D eigenvalue weighted by molar-refractivity contribution is -0.153. The maximum atomic E-state index is 12.6. The Bertz CT molecular complexity index is 968. The van der Waals surface area contributed by atoms with E-state index in [-0.39, 0.29) is 32.3 Å². The summed E-state index contributed by atoms with van der Waals surface area (Å²) in [7, 11) is -4.30. The summed E-state index contributed by atoms with van der Waals surface area (Å²) in [6.07, 6.45) is 50.7. The SMILES string of the molecule is CCCCCC=CCC=CCCCCCCCCCCCC(=O)O[C@H](COC=CCCCCCCC=CCCCCCCCC)COP(=O)(O)OCCN. The molecule has 0 aliphatic rings. The third-order valence-electron chi connectivity index (χ3n) is 9.28. The molecule has 0 bridgehead atoms. The molecule has 0 aliphatic heterocycles. The molecule has 0 spiro atoms.